The fourth-order valence-corrected chi connectivity index (χ4v) is 2.22. The zero-order chi connectivity index (χ0) is 13.1. The first-order chi connectivity index (χ1) is 8.58. The van der Waals surface area contributed by atoms with Crippen LogP contribution in [0.5, 0.6) is 0 Å². The maximum atomic E-state index is 12.0. The summed E-state index contributed by atoms with van der Waals surface area (Å²) < 4.78 is 0. The van der Waals surface area contributed by atoms with Crippen LogP contribution in [0.2, 0.25) is 0 Å². The number of benzene rings is 1. The number of thiazole rings is 1. The summed E-state index contributed by atoms with van der Waals surface area (Å²) in [5, 5.41) is 15.0. The van der Waals surface area contributed by atoms with Crippen molar-refractivity contribution in [2.24, 2.45) is 0 Å². The number of aliphatic hydroxyl groups excluding tert-OH is 1. The highest BCUT2D eigenvalue weighted by molar-refractivity contribution is 7.09. The Hall–Kier alpha value is -1.72. The minimum Gasteiger partial charge on any atom is -0.389 e. The number of aliphatic hydroxyl groups is 1. The number of hydrogen-bond donors (Lipinski definition) is 2. The number of anilines is 1. The third kappa shape index (κ3) is 2.75. The molecule has 1 atom stereocenters. The number of aryl methyl sites for hydroxylation is 1. The lowest BCUT2D eigenvalue weighted by Crippen LogP contribution is -2.14. The predicted octanol–water partition coefficient (Wildman–Crippen LogP) is 2.76. The minimum absolute atomic E-state index is 0.257. The first kappa shape index (κ1) is 12.7. The third-order valence-corrected chi connectivity index (χ3v) is 3.28. The smallest absolute Gasteiger partial charge is 0.275 e. The number of hydrogen-bond acceptors (Lipinski definition) is 4. The molecule has 2 N–H and O–H groups in total. The number of carbonyl (C=O) groups is 1. The topological polar surface area (TPSA) is 62.2 Å². The number of amides is 1. The second kappa shape index (κ2) is 5.29. The van der Waals surface area contributed by atoms with Crippen LogP contribution >= 0.6 is 11.3 Å². The monoisotopic (exact) mass is 262 g/mol. The van der Waals surface area contributed by atoms with Crippen molar-refractivity contribution in [2.75, 3.05) is 5.32 Å². The van der Waals surface area contributed by atoms with Gasteiger partial charge < -0.3 is 10.4 Å². The van der Waals surface area contributed by atoms with Gasteiger partial charge in [0.1, 0.15) is 5.69 Å². The molecular weight excluding hydrogens is 248 g/mol. The van der Waals surface area contributed by atoms with Crippen LogP contribution in [0, 0.1) is 6.92 Å². The number of nitrogens with one attached hydrogen (secondary N) is 1. The summed E-state index contributed by atoms with van der Waals surface area (Å²) in [5.41, 5.74) is 1.71. The highest BCUT2D eigenvalue weighted by atomic mass is 32.1. The molecule has 94 valence electrons. The second-order valence-corrected chi connectivity index (χ2v) is 5.03. The Balaban J connectivity index is 2.22. The van der Waals surface area contributed by atoms with Crippen molar-refractivity contribution in [1.29, 1.82) is 0 Å². The standard InChI is InChI=1S/C13H14N2O2S/c1-8(16)10-5-3-4-6-11(10)15-13(17)12-7-18-9(2)14-12/h3-8,16H,1-2H3,(H,15,17). The van der Waals surface area contributed by atoms with Gasteiger partial charge in [-0.1, -0.05) is 18.2 Å². The normalized spacial score (nSPS) is 12.2. The van der Waals surface area contributed by atoms with Gasteiger partial charge in [-0.05, 0) is 19.9 Å². The van der Waals surface area contributed by atoms with Gasteiger partial charge in [0.2, 0.25) is 0 Å². The molecule has 0 bridgehead atoms. The van der Waals surface area contributed by atoms with Crippen LogP contribution in [0.15, 0.2) is 29.6 Å². The molecule has 18 heavy (non-hydrogen) atoms. The van der Waals surface area contributed by atoms with Crippen molar-refractivity contribution in [3.05, 3.63) is 45.9 Å². The molecule has 0 spiro atoms. The third-order valence-electron chi connectivity index (χ3n) is 2.51. The predicted molar refractivity (Wildman–Crippen MR) is 71.9 cm³/mol. The zero-order valence-corrected chi connectivity index (χ0v) is 11.0. The number of para-hydroxylation sites is 1. The van der Waals surface area contributed by atoms with E-state index in [1.807, 2.05) is 19.1 Å². The van der Waals surface area contributed by atoms with Crippen LogP contribution in [0.1, 0.15) is 34.1 Å². The molecule has 0 radical (unpaired) electrons. The molecule has 0 aliphatic heterocycles. The molecule has 4 nitrogen and oxygen atoms in total. The molecule has 5 heteroatoms. The van der Waals surface area contributed by atoms with Crippen molar-refractivity contribution in [3.8, 4) is 0 Å². The van der Waals surface area contributed by atoms with Crippen LogP contribution in [0.4, 0.5) is 5.69 Å². The summed E-state index contributed by atoms with van der Waals surface area (Å²) in [6.07, 6.45) is -0.626. The molecule has 1 aromatic carbocycles. The minimum atomic E-state index is -0.626. The molecule has 1 amide bonds. The van der Waals surface area contributed by atoms with E-state index in [4.69, 9.17) is 0 Å². The number of nitrogens with zero attached hydrogens (tertiary/aromatic N) is 1. The Labute approximate surface area is 109 Å². The first-order valence-corrected chi connectivity index (χ1v) is 6.46. The molecule has 2 rings (SSSR count). The summed E-state index contributed by atoms with van der Waals surface area (Å²) in [6, 6.07) is 7.18. The van der Waals surface area contributed by atoms with Gasteiger partial charge in [-0.2, -0.15) is 0 Å². The van der Waals surface area contributed by atoms with E-state index in [9.17, 15) is 9.90 Å². The SMILES string of the molecule is Cc1nc(C(=O)Nc2ccccc2C(C)O)cs1. The summed E-state index contributed by atoms with van der Waals surface area (Å²) in [4.78, 5) is 16.1. The van der Waals surface area contributed by atoms with E-state index in [1.165, 1.54) is 11.3 Å². The van der Waals surface area contributed by atoms with E-state index >= 15 is 0 Å². The van der Waals surface area contributed by atoms with E-state index in [0.29, 0.717) is 16.9 Å². The van der Waals surface area contributed by atoms with E-state index < -0.39 is 6.10 Å². The summed E-state index contributed by atoms with van der Waals surface area (Å²) >= 11 is 1.43. The summed E-state index contributed by atoms with van der Waals surface area (Å²) in [6.45, 7) is 3.52. The lowest BCUT2D eigenvalue weighted by molar-refractivity contribution is 0.102. The van der Waals surface area contributed by atoms with Crippen molar-refractivity contribution >= 4 is 22.9 Å². The molecule has 0 aliphatic rings. The molecule has 0 aliphatic carbocycles. The number of carbonyl (C=O) groups excluding carboxylic acids is 1. The molecule has 0 saturated carbocycles. The van der Waals surface area contributed by atoms with E-state index in [0.717, 1.165) is 5.01 Å². The van der Waals surface area contributed by atoms with Gasteiger partial charge in [0.05, 0.1) is 11.1 Å². The molecule has 0 saturated heterocycles. The largest absolute Gasteiger partial charge is 0.389 e. The number of rotatable bonds is 3. The van der Waals surface area contributed by atoms with E-state index in [2.05, 4.69) is 10.3 Å². The zero-order valence-electron chi connectivity index (χ0n) is 10.2. The van der Waals surface area contributed by atoms with E-state index in [1.54, 1.807) is 24.4 Å². The van der Waals surface area contributed by atoms with Crippen LogP contribution in [0.25, 0.3) is 0 Å². The van der Waals surface area contributed by atoms with Gasteiger partial charge >= 0.3 is 0 Å². The van der Waals surface area contributed by atoms with Crippen LogP contribution in [-0.2, 0) is 0 Å². The highest BCUT2D eigenvalue weighted by Gasteiger charge is 2.13. The number of aromatic nitrogens is 1. The van der Waals surface area contributed by atoms with Crippen molar-refractivity contribution < 1.29 is 9.90 Å². The summed E-state index contributed by atoms with van der Waals surface area (Å²) in [7, 11) is 0. The Kier molecular flexibility index (Phi) is 3.74. The molecule has 1 aromatic heterocycles. The van der Waals surface area contributed by atoms with Gasteiger partial charge in [-0.3, -0.25) is 4.79 Å². The fraction of sp³-hybridized carbons (Fsp3) is 0.231. The van der Waals surface area contributed by atoms with Gasteiger partial charge in [0.25, 0.3) is 5.91 Å². The molecule has 2 aromatic rings. The van der Waals surface area contributed by atoms with Gasteiger partial charge in [0, 0.05) is 16.6 Å². The fourth-order valence-electron chi connectivity index (χ4n) is 1.63. The Morgan fingerprint density at radius 3 is 2.78 bits per heavy atom. The van der Waals surface area contributed by atoms with Crippen molar-refractivity contribution in [2.45, 2.75) is 20.0 Å². The van der Waals surface area contributed by atoms with Crippen LogP contribution in [0.3, 0.4) is 0 Å². The first-order valence-electron chi connectivity index (χ1n) is 5.58. The van der Waals surface area contributed by atoms with Crippen LogP contribution < -0.4 is 5.32 Å². The second-order valence-electron chi connectivity index (χ2n) is 3.97. The Bertz CT molecular complexity index is 564. The quantitative estimate of drug-likeness (QED) is 0.894. The van der Waals surface area contributed by atoms with Crippen LogP contribution in [-0.4, -0.2) is 16.0 Å². The van der Waals surface area contributed by atoms with Gasteiger partial charge in [-0.25, -0.2) is 4.98 Å². The maximum absolute atomic E-state index is 12.0. The lowest BCUT2D eigenvalue weighted by Gasteiger charge is -2.12. The Morgan fingerprint density at radius 2 is 2.17 bits per heavy atom. The highest BCUT2D eigenvalue weighted by Crippen LogP contribution is 2.22. The average molecular weight is 262 g/mol. The van der Waals surface area contributed by atoms with Crippen molar-refractivity contribution in [1.82, 2.24) is 4.98 Å². The van der Waals surface area contributed by atoms with Gasteiger partial charge in [0.15, 0.2) is 0 Å². The molecule has 0 fully saturated rings. The average Bonchev–Trinajstić information content (AvgIpc) is 2.76. The van der Waals surface area contributed by atoms with Gasteiger partial charge in [-0.15, -0.1) is 11.3 Å². The van der Waals surface area contributed by atoms with Crippen molar-refractivity contribution in [3.63, 3.8) is 0 Å². The maximum Gasteiger partial charge on any atom is 0.275 e. The lowest BCUT2D eigenvalue weighted by atomic mass is 10.1. The molecular formula is C13H14N2O2S. The Morgan fingerprint density at radius 1 is 1.44 bits per heavy atom. The molecule has 1 unspecified atom stereocenters. The molecule has 1 heterocycles. The van der Waals surface area contributed by atoms with E-state index in [-0.39, 0.29) is 5.91 Å². The summed E-state index contributed by atoms with van der Waals surface area (Å²) in [5.74, 6) is -0.257.